The number of nitrogens with zero attached hydrogens (tertiary/aromatic N) is 4. The van der Waals surface area contributed by atoms with Gasteiger partial charge in [-0.2, -0.15) is 0 Å². The van der Waals surface area contributed by atoms with Gasteiger partial charge in [0.1, 0.15) is 5.82 Å². The van der Waals surface area contributed by atoms with Gasteiger partial charge in [0.05, 0.1) is 0 Å². The fourth-order valence-corrected chi connectivity index (χ4v) is 1.73. The van der Waals surface area contributed by atoms with Crippen molar-refractivity contribution in [2.24, 2.45) is 0 Å². The van der Waals surface area contributed by atoms with Crippen LogP contribution < -0.4 is 10.6 Å². The van der Waals surface area contributed by atoms with E-state index in [4.69, 9.17) is 0 Å². The van der Waals surface area contributed by atoms with Crippen molar-refractivity contribution in [1.29, 1.82) is 0 Å². The Balaban J connectivity index is 1.83. The SMILES string of the molecule is CN(C)CCNc1ccc(C(=O)NCc2ccncc2)nn1. The minimum Gasteiger partial charge on any atom is -0.367 e. The Morgan fingerprint density at radius 2 is 1.91 bits per heavy atom. The van der Waals surface area contributed by atoms with E-state index in [0.717, 1.165) is 18.7 Å². The molecule has 0 spiro atoms. The average Bonchev–Trinajstić information content (AvgIpc) is 2.54. The van der Waals surface area contributed by atoms with Gasteiger partial charge >= 0.3 is 0 Å². The number of rotatable bonds is 7. The summed E-state index contributed by atoms with van der Waals surface area (Å²) < 4.78 is 0. The van der Waals surface area contributed by atoms with Gasteiger partial charge in [0.15, 0.2) is 5.69 Å². The zero-order valence-electron chi connectivity index (χ0n) is 12.8. The highest BCUT2D eigenvalue weighted by atomic mass is 16.1. The highest BCUT2D eigenvalue weighted by Crippen LogP contribution is 2.02. The maximum atomic E-state index is 12.0. The van der Waals surface area contributed by atoms with E-state index < -0.39 is 0 Å². The summed E-state index contributed by atoms with van der Waals surface area (Å²) in [7, 11) is 4.01. The Hall–Kier alpha value is -2.54. The lowest BCUT2D eigenvalue weighted by Gasteiger charge is -2.10. The largest absolute Gasteiger partial charge is 0.367 e. The number of hydrogen-bond acceptors (Lipinski definition) is 6. The lowest BCUT2D eigenvalue weighted by molar-refractivity contribution is 0.0945. The molecule has 0 radical (unpaired) electrons. The van der Waals surface area contributed by atoms with Crippen LogP contribution in [0.15, 0.2) is 36.7 Å². The number of aromatic nitrogens is 3. The van der Waals surface area contributed by atoms with E-state index >= 15 is 0 Å². The molecule has 0 saturated heterocycles. The van der Waals surface area contributed by atoms with Gasteiger partial charge in [-0.1, -0.05) is 0 Å². The Kier molecular flexibility index (Phi) is 5.79. The molecule has 0 aromatic carbocycles. The van der Waals surface area contributed by atoms with Crippen molar-refractivity contribution in [3.63, 3.8) is 0 Å². The molecule has 1 amide bonds. The molecule has 7 heteroatoms. The maximum absolute atomic E-state index is 12.0. The molecule has 0 aliphatic rings. The van der Waals surface area contributed by atoms with Gasteiger partial charge < -0.3 is 15.5 Å². The number of hydrogen-bond donors (Lipinski definition) is 2. The monoisotopic (exact) mass is 300 g/mol. The molecule has 0 bridgehead atoms. The van der Waals surface area contributed by atoms with Crippen molar-refractivity contribution < 1.29 is 4.79 Å². The van der Waals surface area contributed by atoms with Crippen molar-refractivity contribution in [1.82, 2.24) is 25.4 Å². The first kappa shape index (κ1) is 15.8. The zero-order valence-corrected chi connectivity index (χ0v) is 12.8. The lowest BCUT2D eigenvalue weighted by Crippen LogP contribution is -2.24. The number of nitrogens with one attached hydrogen (secondary N) is 2. The fraction of sp³-hybridized carbons (Fsp3) is 0.333. The van der Waals surface area contributed by atoms with Gasteiger partial charge in [0, 0.05) is 32.0 Å². The number of amides is 1. The highest BCUT2D eigenvalue weighted by molar-refractivity contribution is 5.92. The third kappa shape index (κ3) is 5.10. The zero-order chi connectivity index (χ0) is 15.8. The molecule has 22 heavy (non-hydrogen) atoms. The summed E-state index contributed by atoms with van der Waals surface area (Å²) in [4.78, 5) is 18.0. The van der Waals surface area contributed by atoms with Crippen LogP contribution in [-0.4, -0.2) is 53.2 Å². The summed E-state index contributed by atoms with van der Waals surface area (Å²) >= 11 is 0. The quantitative estimate of drug-likeness (QED) is 0.786. The predicted molar refractivity (Wildman–Crippen MR) is 84.5 cm³/mol. The fourth-order valence-electron chi connectivity index (χ4n) is 1.73. The van der Waals surface area contributed by atoms with Gasteiger partial charge in [0.25, 0.3) is 5.91 Å². The summed E-state index contributed by atoms with van der Waals surface area (Å²) in [6.07, 6.45) is 3.38. The summed E-state index contributed by atoms with van der Waals surface area (Å²) in [6, 6.07) is 7.12. The van der Waals surface area contributed by atoms with E-state index in [1.165, 1.54) is 0 Å². The third-order valence-corrected chi connectivity index (χ3v) is 2.96. The summed E-state index contributed by atoms with van der Waals surface area (Å²) in [5.41, 5.74) is 1.28. The lowest BCUT2D eigenvalue weighted by atomic mass is 10.2. The van der Waals surface area contributed by atoms with Crippen LogP contribution in [0.5, 0.6) is 0 Å². The van der Waals surface area contributed by atoms with Crippen LogP contribution in [0.25, 0.3) is 0 Å². The van der Waals surface area contributed by atoms with Gasteiger partial charge in [-0.05, 0) is 43.9 Å². The van der Waals surface area contributed by atoms with E-state index in [9.17, 15) is 4.79 Å². The molecule has 0 aliphatic heterocycles. The molecule has 0 atom stereocenters. The molecule has 7 nitrogen and oxygen atoms in total. The van der Waals surface area contributed by atoms with Crippen LogP contribution in [0.3, 0.4) is 0 Å². The number of likely N-dealkylation sites (N-methyl/N-ethyl adjacent to an activating group) is 1. The van der Waals surface area contributed by atoms with Crippen molar-refractivity contribution >= 4 is 11.7 Å². The van der Waals surface area contributed by atoms with Gasteiger partial charge in [-0.25, -0.2) is 0 Å². The molecule has 0 aliphatic carbocycles. The van der Waals surface area contributed by atoms with Gasteiger partial charge in [0.2, 0.25) is 0 Å². The second-order valence-corrected chi connectivity index (χ2v) is 5.07. The molecular formula is C15H20N6O. The minimum atomic E-state index is -0.246. The van der Waals surface area contributed by atoms with Crippen molar-refractivity contribution in [3.05, 3.63) is 47.9 Å². The van der Waals surface area contributed by atoms with Crippen LogP contribution in [0.2, 0.25) is 0 Å². The molecular weight excluding hydrogens is 280 g/mol. The Morgan fingerprint density at radius 1 is 1.14 bits per heavy atom. The van der Waals surface area contributed by atoms with E-state index in [2.05, 4.69) is 30.7 Å². The Labute approximate surface area is 129 Å². The van der Waals surface area contributed by atoms with Crippen molar-refractivity contribution in [2.75, 3.05) is 32.5 Å². The summed E-state index contributed by atoms with van der Waals surface area (Å²) in [5, 5.41) is 13.9. The Bertz CT molecular complexity index is 585. The van der Waals surface area contributed by atoms with Gasteiger partial charge in [-0.3, -0.25) is 9.78 Å². The van der Waals surface area contributed by atoms with Crippen LogP contribution in [-0.2, 0) is 6.54 Å². The number of carbonyl (C=O) groups excluding carboxylic acids is 1. The molecule has 0 saturated carbocycles. The van der Waals surface area contributed by atoms with Crippen LogP contribution in [0.4, 0.5) is 5.82 Å². The standard InChI is InChI=1S/C15H20N6O/c1-21(2)10-9-17-14-4-3-13(19-20-14)15(22)18-11-12-5-7-16-8-6-12/h3-8H,9-11H2,1-2H3,(H,17,20)(H,18,22). The molecule has 0 unspecified atom stereocenters. The normalized spacial score (nSPS) is 10.5. The predicted octanol–water partition coefficient (Wildman–Crippen LogP) is 0.775. The number of carbonyl (C=O) groups is 1. The van der Waals surface area contributed by atoms with Crippen LogP contribution >= 0.6 is 0 Å². The van der Waals surface area contributed by atoms with E-state index in [0.29, 0.717) is 18.1 Å². The molecule has 116 valence electrons. The molecule has 0 fully saturated rings. The van der Waals surface area contributed by atoms with E-state index in [1.807, 2.05) is 26.2 Å². The summed E-state index contributed by atoms with van der Waals surface area (Å²) in [5.74, 6) is 0.414. The first-order valence-corrected chi connectivity index (χ1v) is 7.04. The van der Waals surface area contributed by atoms with Crippen LogP contribution in [0.1, 0.15) is 16.1 Å². The third-order valence-electron chi connectivity index (χ3n) is 2.96. The van der Waals surface area contributed by atoms with Crippen LogP contribution in [0, 0.1) is 0 Å². The second kappa shape index (κ2) is 8.04. The highest BCUT2D eigenvalue weighted by Gasteiger charge is 2.07. The number of pyridine rings is 1. The topological polar surface area (TPSA) is 83.0 Å². The first-order valence-electron chi connectivity index (χ1n) is 7.04. The van der Waals surface area contributed by atoms with Crippen molar-refractivity contribution in [2.45, 2.75) is 6.54 Å². The smallest absolute Gasteiger partial charge is 0.272 e. The molecule has 2 heterocycles. The molecule has 2 rings (SSSR count). The first-order chi connectivity index (χ1) is 10.6. The molecule has 2 aromatic heterocycles. The minimum absolute atomic E-state index is 0.246. The van der Waals surface area contributed by atoms with Crippen molar-refractivity contribution in [3.8, 4) is 0 Å². The van der Waals surface area contributed by atoms with Gasteiger partial charge in [-0.15, -0.1) is 10.2 Å². The maximum Gasteiger partial charge on any atom is 0.272 e. The average molecular weight is 300 g/mol. The molecule has 2 N–H and O–H groups in total. The van der Waals surface area contributed by atoms with E-state index in [-0.39, 0.29) is 5.91 Å². The second-order valence-electron chi connectivity index (χ2n) is 5.07. The molecule has 2 aromatic rings. The summed E-state index contributed by atoms with van der Waals surface area (Å²) in [6.45, 7) is 2.11. The van der Waals surface area contributed by atoms with E-state index in [1.54, 1.807) is 24.5 Å². The number of anilines is 1. The Morgan fingerprint density at radius 3 is 2.55 bits per heavy atom.